The van der Waals surface area contributed by atoms with Crippen molar-refractivity contribution in [1.29, 1.82) is 0 Å². The summed E-state index contributed by atoms with van der Waals surface area (Å²) in [6.07, 6.45) is 5.69. The zero-order valence-electron chi connectivity index (χ0n) is 3.92. The first kappa shape index (κ1) is 4.65. The first-order valence-corrected chi connectivity index (χ1v) is 3.95. The van der Waals surface area contributed by atoms with Crippen molar-refractivity contribution in [2.45, 2.75) is 6.04 Å². The molecule has 0 saturated carbocycles. The van der Waals surface area contributed by atoms with Crippen LogP contribution in [0.5, 0.6) is 0 Å². The third kappa shape index (κ3) is 1.20. The highest BCUT2D eigenvalue weighted by Gasteiger charge is 1.96. The van der Waals surface area contributed by atoms with Gasteiger partial charge in [0, 0.05) is 6.04 Å². The van der Waals surface area contributed by atoms with Gasteiger partial charge in [0.1, 0.15) is 0 Å². The fourth-order valence-corrected chi connectivity index (χ4v) is 1.32. The molecule has 0 bridgehead atoms. The molecule has 0 radical (unpaired) electrons. The Morgan fingerprint density at radius 3 is 2.57 bits per heavy atom. The largest absolute Gasteiger partial charge is 0.383 e. The summed E-state index contributed by atoms with van der Waals surface area (Å²) in [5.74, 6) is 0. The molecule has 2 heteroatoms. The van der Waals surface area contributed by atoms with Crippen molar-refractivity contribution in [3.8, 4) is 0 Å². The number of hydrogen-bond acceptors (Lipinski definition) is 1. The minimum Gasteiger partial charge on any atom is -0.383 e. The average Bonchev–Trinajstić information content (AvgIpc) is 1.69. The molecule has 0 unspecified atom stereocenters. The van der Waals surface area contributed by atoms with Crippen LogP contribution < -0.4 is 0 Å². The van der Waals surface area contributed by atoms with Gasteiger partial charge < -0.3 is 4.46 Å². The van der Waals surface area contributed by atoms with E-state index in [1.54, 1.807) is 5.70 Å². The highest BCUT2D eigenvalue weighted by Crippen LogP contribution is 1.94. The quantitative estimate of drug-likeness (QED) is 0.426. The van der Waals surface area contributed by atoms with Crippen molar-refractivity contribution in [2.24, 2.45) is 0 Å². The molecule has 1 heterocycles. The summed E-state index contributed by atoms with van der Waals surface area (Å²) in [7, 11) is -1.31. The van der Waals surface area contributed by atoms with E-state index in [0.717, 1.165) is 6.04 Å². The molecular weight excluding hydrogens is 104 g/mol. The first-order valence-electron chi connectivity index (χ1n) is 2.25. The standard InChI is InChI=1S/C5H6OSi/c6-7-4-2-1-3-5-7/h1-4H,5H2. The molecule has 0 aromatic carbocycles. The van der Waals surface area contributed by atoms with E-state index < -0.39 is 8.68 Å². The minimum atomic E-state index is -1.31. The van der Waals surface area contributed by atoms with E-state index in [1.807, 2.05) is 18.2 Å². The predicted molar refractivity (Wildman–Crippen MR) is 29.5 cm³/mol. The zero-order valence-corrected chi connectivity index (χ0v) is 4.92. The van der Waals surface area contributed by atoms with Crippen LogP contribution in [0, 0.1) is 0 Å². The van der Waals surface area contributed by atoms with Crippen LogP contribution in [0.2, 0.25) is 6.04 Å². The molecule has 0 aliphatic carbocycles. The van der Waals surface area contributed by atoms with Crippen LogP contribution in [0.25, 0.3) is 0 Å². The highest BCUT2D eigenvalue weighted by atomic mass is 28.3. The van der Waals surface area contributed by atoms with Crippen LogP contribution in [0.4, 0.5) is 0 Å². The lowest BCUT2D eigenvalue weighted by Gasteiger charge is -1.86. The number of hydrogen-bond donors (Lipinski definition) is 0. The molecule has 0 aromatic heterocycles. The Morgan fingerprint density at radius 1 is 1.43 bits per heavy atom. The smallest absolute Gasteiger partial charge is 0.307 e. The summed E-state index contributed by atoms with van der Waals surface area (Å²) in [4.78, 5) is 0. The summed E-state index contributed by atoms with van der Waals surface area (Å²) in [6, 6.07) is 0.765. The summed E-state index contributed by atoms with van der Waals surface area (Å²) < 4.78 is 10.5. The van der Waals surface area contributed by atoms with Gasteiger partial charge in [-0.1, -0.05) is 18.2 Å². The Bertz CT molecular complexity index is 135. The fourth-order valence-electron chi connectivity index (χ4n) is 0.494. The molecule has 1 aliphatic rings. The van der Waals surface area contributed by atoms with Gasteiger partial charge in [-0.3, -0.25) is 0 Å². The van der Waals surface area contributed by atoms with E-state index in [9.17, 15) is 4.46 Å². The summed E-state index contributed by atoms with van der Waals surface area (Å²) in [5, 5.41) is 0. The maximum Gasteiger partial charge on any atom is 0.307 e. The van der Waals surface area contributed by atoms with Gasteiger partial charge in [0.25, 0.3) is 0 Å². The molecular formula is C5H6OSi. The monoisotopic (exact) mass is 110 g/mol. The minimum absolute atomic E-state index is 0.765. The number of rotatable bonds is 0. The summed E-state index contributed by atoms with van der Waals surface area (Å²) in [6.45, 7) is 0. The summed E-state index contributed by atoms with van der Waals surface area (Å²) in [5.41, 5.74) is 1.77. The number of allylic oxidation sites excluding steroid dienone is 3. The molecule has 1 rings (SSSR count). The van der Waals surface area contributed by atoms with E-state index in [-0.39, 0.29) is 0 Å². The van der Waals surface area contributed by atoms with Gasteiger partial charge in [-0.05, 0) is 5.70 Å². The second-order valence-electron chi connectivity index (χ2n) is 1.46. The van der Waals surface area contributed by atoms with Crippen LogP contribution in [0.15, 0.2) is 23.9 Å². The molecule has 0 spiro atoms. The fraction of sp³-hybridized carbons (Fsp3) is 0.200. The van der Waals surface area contributed by atoms with E-state index in [1.165, 1.54) is 0 Å². The van der Waals surface area contributed by atoms with Gasteiger partial charge in [0.05, 0.1) is 0 Å². The lowest BCUT2D eigenvalue weighted by atomic mass is 10.5. The summed E-state index contributed by atoms with van der Waals surface area (Å²) >= 11 is 0. The Morgan fingerprint density at radius 2 is 2.29 bits per heavy atom. The van der Waals surface area contributed by atoms with Gasteiger partial charge in [0.15, 0.2) is 0 Å². The Kier molecular flexibility index (Phi) is 1.31. The SMILES string of the molecule is O=[Si]1C=CC=CC1. The van der Waals surface area contributed by atoms with E-state index >= 15 is 0 Å². The van der Waals surface area contributed by atoms with Gasteiger partial charge in [-0.25, -0.2) is 0 Å². The normalized spacial score (nSPS) is 18.0. The lowest BCUT2D eigenvalue weighted by Crippen LogP contribution is -1.93. The van der Waals surface area contributed by atoms with Crippen LogP contribution in [0.3, 0.4) is 0 Å². The van der Waals surface area contributed by atoms with Crippen molar-refractivity contribution in [3.63, 3.8) is 0 Å². The van der Waals surface area contributed by atoms with Crippen molar-refractivity contribution >= 4 is 8.68 Å². The van der Waals surface area contributed by atoms with Crippen molar-refractivity contribution in [3.05, 3.63) is 23.9 Å². The van der Waals surface area contributed by atoms with Crippen LogP contribution in [0.1, 0.15) is 0 Å². The molecule has 0 aromatic rings. The van der Waals surface area contributed by atoms with Crippen molar-refractivity contribution in [1.82, 2.24) is 0 Å². The average molecular weight is 110 g/mol. The second-order valence-corrected chi connectivity index (χ2v) is 3.13. The second kappa shape index (κ2) is 1.98. The van der Waals surface area contributed by atoms with Crippen LogP contribution >= 0.6 is 0 Å². The van der Waals surface area contributed by atoms with Gasteiger partial charge in [-0.2, -0.15) is 0 Å². The van der Waals surface area contributed by atoms with Crippen LogP contribution in [-0.4, -0.2) is 8.68 Å². The molecule has 1 aliphatic heterocycles. The molecule has 0 amide bonds. The zero-order chi connectivity index (χ0) is 5.11. The Balaban J connectivity index is 2.66. The van der Waals surface area contributed by atoms with Gasteiger partial charge in [-0.15, -0.1) is 0 Å². The maximum atomic E-state index is 10.5. The molecule has 0 saturated heterocycles. The van der Waals surface area contributed by atoms with Gasteiger partial charge in [0.2, 0.25) is 0 Å². The Hall–Kier alpha value is -0.503. The molecule has 0 N–H and O–H groups in total. The van der Waals surface area contributed by atoms with E-state index in [4.69, 9.17) is 0 Å². The van der Waals surface area contributed by atoms with Gasteiger partial charge >= 0.3 is 8.68 Å². The topological polar surface area (TPSA) is 17.1 Å². The molecule has 0 atom stereocenters. The van der Waals surface area contributed by atoms with E-state index in [0.29, 0.717) is 0 Å². The molecule has 1 nitrogen and oxygen atoms in total. The van der Waals surface area contributed by atoms with E-state index in [2.05, 4.69) is 0 Å². The third-order valence-electron chi connectivity index (χ3n) is 0.848. The van der Waals surface area contributed by atoms with Crippen molar-refractivity contribution < 1.29 is 4.46 Å². The molecule has 7 heavy (non-hydrogen) atoms. The highest BCUT2D eigenvalue weighted by molar-refractivity contribution is 6.49. The molecule has 36 valence electrons. The molecule has 0 fully saturated rings. The lowest BCUT2D eigenvalue weighted by molar-refractivity contribution is 0.569. The van der Waals surface area contributed by atoms with Crippen LogP contribution in [-0.2, 0) is 4.46 Å². The predicted octanol–water partition coefficient (Wildman–Crippen LogP) is 1.07. The maximum absolute atomic E-state index is 10.5. The Labute approximate surface area is 44.0 Å². The third-order valence-corrected chi connectivity index (χ3v) is 2.05. The first-order chi connectivity index (χ1) is 3.39. The van der Waals surface area contributed by atoms with Crippen molar-refractivity contribution in [2.75, 3.05) is 0 Å².